The van der Waals surface area contributed by atoms with Gasteiger partial charge in [-0.1, -0.05) is 0 Å². The van der Waals surface area contributed by atoms with Gasteiger partial charge in [-0.3, -0.25) is 4.79 Å². The molecule has 1 unspecified atom stereocenters. The number of hydrogen-bond acceptors (Lipinski definition) is 4. The van der Waals surface area contributed by atoms with E-state index in [9.17, 15) is 4.79 Å². The Bertz CT molecular complexity index is 243. The van der Waals surface area contributed by atoms with E-state index in [0.29, 0.717) is 0 Å². The van der Waals surface area contributed by atoms with Gasteiger partial charge in [-0.2, -0.15) is 0 Å². The third-order valence-electron chi connectivity index (χ3n) is 1.59. The number of nitrogens with two attached hydrogens (primary N) is 1. The topological polar surface area (TPSA) is 65.5 Å². The van der Waals surface area contributed by atoms with Gasteiger partial charge < -0.3 is 14.9 Å². The molecule has 66 valence electrons. The Labute approximate surface area is 70.3 Å². The van der Waals surface area contributed by atoms with Gasteiger partial charge >= 0.3 is 5.97 Å². The Morgan fingerprint density at radius 2 is 2.58 bits per heavy atom. The van der Waals surface area contributed by atoms with Crippen LogP contribution in [0, 0.1) is 0 Å². The maximum Gasteiger partial charge on any atom is 0.307 e. The highest BCUT2D eigenvalue weighted by atomic mass is 16.5. The lowest BCUT2D eigenvalue weighted by molar-refractivity contribution is -0.141. The standard InChI is InChI=1S/C8H11NO3/c1-11-8(10)4-7(9)6-2-3-12-5-6/h2-3,5,7H,4,9H2,1H3. The number of ether oxygens (including phenoxy) is 1. The first-order valence-corrected chi connectivity index (χ1v) is 3.58. The molecule has 0 bridgehead atoms. The third-order valence-corrected chi connectivity index (χ3v) is 1.59. The van der Waals surface area contributed by atoms with Gasteiger partial charge in [0.15, 0.2) is 0 Å². The fraction of sp³-hybridized carbons (Fsp3) is 0.375. The summed E-state index contributed by atoms with van der Waals surface area (Å²) in [6.07, 6.45) is 3.22. The van der Waals surface area contributed by atoms with E-state index in [2.05, 4.69) is 4.74 Å². The molecule has 0 aliphatic carbocycles. The summed E-state index contributed by atoms with van der Waals surface area (Å²) in [6.45, 7) is 0. The summed E-state index contributed by atoms with van der Waals surface area (Å²) in [5, 5.41) is 0. The summed E-state index contributed by atoms with van der Waals surface area (Å²) < 4.78 is 9.29. The Kier molecular flexibility index (Phi) is 2.88. The van der Waals surface area contributed by atoms with Gasteiger partial charge in [-0.25, -0.2) is 0 Å². The van der Waals surface area contributed by atoms with E-state index in [1.54, 1.807) is 6.07 Å². The zero-order valence-corrected chi connectivity index (χ0v) is 6.82. The van der Waals surface area contributed by atoms with Crippen LogP contribution in [0.25, 0.3) is 0 Å². The molecular formula is C8H11NO3. The minimum Gasteiger partial charge on any atom is -0.472 e. The zero-order chi connectivity index (χ0) is 8.97. The van der Waals surface area contributed by atoms with Crippen molar-refractivity contribution in [1.82, 2.24) is 0 Å². The third kappa shape index (κ3) is 2.10. The van der Waals surface area contributed by atoms with Crippen molar-refractivity contribution in [1.29, 1.82) is 0 Å². The van der Waals surface area contributed by atoms with Crippen LogP contribution in [0.1, 0.15) is 18.0 Å². The summed E-state index contributed by atoms with van der Waals surface area (Å²) in [7, 11) is 1.34. The maximum absolute atomic E-state index is 10.8. The van der Waals surface area contributed by atoms with Crippen LogP contribution in [0.5, 0.6) is 0 Å². The Balaban J connectivity index is 2.49. The van der Waals surface area contributed by atoms with Crippen molar-refractivity contribution in [3.05, 3.63) is 24.2 Å². The van der Waals surface area contributed by atoms with Crippen molar-refractivity contribution < 1.29 is 13.9 Å². The van der Waals surface area contributed by atoms with Crippen LogP contribution < -0.4 is 5.73 Å². The Morgan fingerprint density at radius 1 is 1.83 bits per heavy atom. The highest BCUT2D eigenvalue weighted by Crippen LogP contribution is 2.14. The van der Waals surface area contributed by atoms with Crippen LogP contribution in [0.3, 0.4) is 0 Å². The van der Waals surface area contributed by atoms with Crippen LogP contribution in [-0.2, 0) is 9.53 Å². The molecule has 12 heavy (non-hydrogen) atoms. The number of methoxy groups -OCH3 is 1. The van der Waals surface area contributed by atoms with Gasteiger partial charge in [-0.15, -0.1) is 0 Å². The second-order valence-corrected chi connectivity index (χ2v) is 2.44. The largest absolute Gasteiger partial charge is 0.472 e. The van der Waals surface area contributed by atoms with E-state index < -0.39 is 0 Å². The summed E-state index contributed by atoms with van der Waals surface area (Å²) in [5.74, 6) is -0.316. The maximum atomic E-state index is 10.8. The minimum absolute atomic E-state index is 0.177. The molecule has 0 saturated heterocycles. The van der Waals surface area contributed by atoms with Gasteiger partial charge in [0, 0.05) is 11.6 Å². The van der Waals surface area contributed by atoms with Gasteiger partial charge in [0.25, 0.3) is 0 Å². The molecule has 0 aromatic carbocycles. The first-order valence-electron chi connectivity index (χ1n) is 3.58. The highest BCUT2D eigenvalue weighted by molar-refractivity contribution is 5.70. The van der Waals surface area contributed by atoms with E-state index >= 15 is 0 Å². The molecule has 0 saturated carbocycles. The zero-order valence-electron chi connectivity index (χ0n) is 6.82. The minimum atomic E-state index is -0.337. The van der Waals surface area contributed by atoms with Crippen molar-refractivity contribution in [3.63, 3.8) is 0 Å². The lowest BCUT2D eigenvalue weighted by Gasteiger charge is -2.06. The smallest absolute Gasteiger partial charge is 0.307 e. The molecule has 1 aromatic rings. The van der Waals surface area contributed by atoms with E-state index in [-0.39, 0.29) is 18.4 Å². The van der Waals surface area contributed by atoms with E-state index in [1.807, 2.05) is 0 Å². The van der Waals surface area contributed by atoms with Crippen molar-refractivity contribution >= 4 is 5.97 Å². The molecule has 4 heteroatoms. The number of furan rings is 1. The summed E-state index contributed by atoms with van der Waals surface area (Å²) in [6, 6.07) is 1.39. The summed E-state index contributed by atoms with van der Waals surface area (Å²) >= 11 is 0. The first kappa shape index (κ1) is 8.80. The van der Waals surface area contributed by atoms with Crippen molar-refractivity contribution in [2.75, 3.05) is 7.11 Å². The number of rotatable bonds is 3. The Morgan fingerprint density at radius 3 is 3.08 bits per heavy atom. The van der Waals surface area contributed by atoms with Gasteiger partial charge in [-0.05, 0) is 6.07 Å². The number of hydrogen-bond donors (Lipinski definition) is 1. The lowest BCUT2D eigenvalue weighted by Crippen LogP contribution is -2.15. The molecule has 0 radical (unpaired) electrons. The molecule has 1 heterocycles. The number of carbonyl (C=O) groups excluding carboxylic acids is 1. The average molecular weight is 169 g/mol. The van der Waals surface area contributed by atoms with Crippen molar-refractivity contribution in [2.24, 2.45) is 5.73 Å². The molecule has 0 spiro atoms. The lowest BCUT2D eigenvalue weighted by atomic mass is 10.1. The van der Waals surface area contributed by atoms with Crippen LogP contribution in [0.4, 0.5) is 0 Å². The molecule has 0 fully saturated rings. The number of carbonyl (C=O) groups is 1. The molecule has 1 rings (SSSR count). The van der Waals surface area contributed by atoms with Crippen LogP contribution in [-0.4, -0.2) is 13.1 Å². The normalized spacial score (nSPS) is 12.5. The van der Waals surface area contributed by atoms with Crippen LogP contribution in [0.15, 0.2) is 23.0 Å². The SMILES string of the molecule is COC(=O)CC(N)c1ccoc1. The fourth-order valence-corrected chi connectivity index (χ4v) is 0.867. The summed E-state index contributed by atoms with van der Waals surface area (Å²) in [4.78, 5) is 10.8. The van der Waals surface area contributed by atoms with Crippen molar-refractivity contribution in [3.8, 4) is 0 Å². The first-order chi connectivity index (χ1) is 5.74. The fourth-order valence-electron chi connectivity index (χ4n) is 0.867. The van der Waals surface area contributed by atoms with E-state index in [0.717, 1.165) is 5.56 Å². The number of esters is 1. The van der Waals surface area contributed by atoms with Crippen LogP contribution in [0.2, 0.25) is 0 Å². The van der Waals surface area contributed by atoms with Crippen LogP contribution >= 0.6 is 0 Å². The summed E-state index contributed by atoms with van der Waals surface area (Å²) in [5.41, 5.74) is 6.46. The molecular weight excluding hydrogens is 158 g/mol. The van der Waals surface area contributed by atoms with Crippen molar-refractivity contribution in [2.45, 2.75) is 12.5 Å². The highest BCUT2D eigenvalue weighted by Gasteiger charge is 2.12. The molecule has 0 aliphatic rings. The van der Waals surface area contributed by atoms with Gasteiger partial charge in [0.2, 0.25) is 0 Å². The van der Waals surface area contributed by atoms with Gasteiger partial charge in [0.05, 0.1) is 26.1 Å². The Hall–Kier alpha value is -1.29. The quantitative estimate of drug-likeness (QED) is 0.681. The molecule has 1 aromatic heterocycles. The predicted molar refractivity (Wildman–Crippen MR) is 42.3 cm³/mol. The van der Waals surface area contributed by atoms with Gasteiger partial charge in [0.1, 0.15) is 0 Å². The molecule has 0 aliphatic heterocycles. The molecule has 2 N–H and O–H groups in total. The van der Waals surface area contributed by atoms with E-state index in [4.69, 9.17) is 10.2 Å². The van der Waals surface area contributed by atoms with E-state index in [1.165, 1.54) is 19.6 Å². The second kappa shape index (κ2) is 3.92. The molecule has 1 atom stereocenters. The molecule has 0 amide bonds. The predicted octanol–water partition coefficient (Wildman–Crippen LogP) is 0.842. The monoisotopic (exact) mass is 169 g/mol. The second-order valence-electron chi connectivity index (χ2n) is 2.44. The molecule has 4 nitrogen and oxygen atoms in total. The average Bonchev–Trinajstić information content (AvgIpc) is 2.56.